The molecule has 1 atom stereocenters. The molecule has 9 heteroatoms. The molecule has 1 unspecified atom stereocenters. The summed E-state index contributed by atoms with van der Waals surface area (Å²) in [5, 5.41) is 14.6. The third-order valence-corrected chi connectivity index (χ3v) is 5.46. The van der Waals surface area contributed by atoms with Gasteiger partial charge in [0.15, 0.2) is 5.75 Å². The summed E-state index contributed by atoms with van der Waals surface area (Å²) < 4.78 is 47.5. The number of carbonyl (C=O) groups is 1. The van der Waals surface area contributed by atoms with E-state index in [0.29, 0.717) is 30.7 Å². The Labute approximate surface area is 159 Å². The summed E-state index contributed by atoms with van der Waals surface area (Å²) in [4.78, 5) is 14.1. The Kier molecular flexibility index (Phi) is 4.57. The van der Waals surface area contributed by atoms with E-state index in [4.69, 9.17) is 4.74 Å². The highest BCUT2D eigenvalue weighted by Crippen LogP contribution is 2.43. The van der Waals surface area contributed by atoms with Gasteiger partial charge in [-0.05, 0) is 12.1 Å². The Morgan fingerprint density at radius 3 is 2.75 bits per heavy atom. The van der Waals surface area contributed by atoms with Gasteiger partial charge in [0.25, 0.3) is 12.3 Å². The van der Waals surface area contributed by atoms with Crippen LogP contribution in [0, 0.1) is 5.82 Å². The van der Waals surface area contributed by atoms with Gasteiger partial charge in [-0.1, -0.05) is 6.07 Å². The molecule has 2 aromatic rings. The minimum Gasteiger partial charge on any atom is -0.483 e. The third kappa shape index (κ3) is 3.23. The Morgan fingerprint density at radius 2 is 2.07 bits per heavy atom. The number of benzene rings is 1. The molecule has 1 aromatic carbocycles. The second-order valence-corrected chi connectivity index (χ2v) is 7.39. The lowest BCUT2D eigenvalue weighted by Crippen LogP contribution is -2.51. The smallest absolute Gasteiger partial charge is 0.263 e. The van der Waals surface area contributed by atoms with Crippen LogP contribution in [0.4, 0.5) is 13.2 Å². The van der Waals surface area contributed by atoms with Crippen LogP contribution in [0.1, 0.15) is 53.4 Å². The number of rotatable bonds is 2. The molecule has 1 spiro atoms. The number of aliphatic hydroxyl groups is 1. The number of amides is 1. The standard InChI is InChI=1S/C19H20F3N3O3/c1-24-10-15-16(23-24)14(26)9-19(28-15)4-6-25(7-5-19)18(27)12-8-11(17(21)22)2-3-13(12)20/h2-3,8,10,14,17,26H,4-7,9H2,1H3. The second-order valence-electron chi connectivity index (χ2n) is 7.39. The number of alkyl halides is 2. The highest BCUT2D eigenvalue weighted by atomic mass is 19.3. The first-order valence-electron chi connectivity index (χ1n) is 9.05. The van der Waals surface area contributed by atoms with Crippen LogP contribution >= 0.6 is 0 Å². The Hall–Kier alpha value is -2.55. The Morgan fingerprint density at radius 1 is 1.36 bits per heavy atom. The minimum atomic E-state index is -2.78. The number of aromatic nitrogens is 2. The van der Waals surface area contributed by atoms with Crippen molar-refractivity contribution in [3.63, 3.8) is 0 Å². The zero-order chi connectivity index (χ0) is 20.1. The van der Waals surface area contributed by atoms with Crippen LogP contribution in [0.15, 0.2) is 24.4 Å². The van der Waals surface area contributed by atoms with Crippen LogP contribution in [0.25, 0.3) is 0 Å². The fourth-order valence-corrected chi connectivity index (χ4v) is 3.95. The highest BCUT2D eigenvalue weighted by molar-refractivity contribution is 5.94. The maximum absolute atomic E-state index is 14.0. The van der Waals surface area contributed by atoms with Gasteiger partial charge in [-0.25, -0.2) is 13.2 Å². The average molecular weight is 395 g/mol. The number of hydrogen-bond donors (Lipinski definition) is 1. The van der Waals surface area contributed by atoms with Crippen molar-refractivity contribution in [3.8, 4) is 5.75 Å². The topological polar surface area (TPSA) is 67.6 Å². The normalized spacial score (nSPS) is 20.9. The zero-order valence-electron chi connectivity index (χ0n) is 15.2. The van der Waals surface area contributed by atoms with E-state index in [2.05, 4.69) is 5.10 Å². The second kappa shape index (κ2) is 6.80. The monoisotopic (exact) mass is 395 g/mol. The van der Waals surface area contributed by atoms with Crippen molar-refractivity contribution in [2.75, 3.05) is 13.1 Å². The number of piperidine rings is 1. The lowest BCUT2D eigenvalue weighted by Gasteiger charge is -2.44. The number of ether oxygens (including phenoxy) is 1. The minimum absolute atomic E-state index is 0.277. The molecule has 1 saturated heterocycles. The number of carbonyl (C=O) groups excluding carboxylic acids is 1. The van der Waals surface area contributed by atoms with Crippen LogP contribution in [-0.2, 0) is 7.05 Å². The number of hydrogen-bond acceptors (Lipinski definition) is 4. The van der Waals surface area contributed by atoms with E-state index in [0.717, 1.165) is 18.2 Å². The summed E-state index contributed by atoms with van der Waals surface area (Å²) in [5.74, 6) is -0.913. The van der Waals surface area contributed by atoms with Crippen LogP contribution in [0.2, 0.25) is 0 Å². The SMILES string of the molecule is Cn1cc2c(n1)C(O)CC1(CCN(C(=O)c3cc(C(F)F)ccc3F)CC1)O2. The number of nitrogens with zero attached hydrogens (tertiary/aromatic N) is 3. The average Bonchev–Trinajstić information content (AvgIpc) is 3.02. The molecule has 1 aromatic heterocycles. The molecule has 2 aliphatic heterocycles. The predicted molar refractivity (Wildman–Crippen MR) is 92.6 cm³/mol. The molecule has 6 nitrogen and oxygen atoms in total. The van der Waals surface area contributed by atoms with Crippen LogP contribution in [0.5, 0.6) is 5.75 Å². The first kappa shape index (κ1) is 18.8. The fourth-order valence-electron chi connectivity index (χ4n) is 3.95. The summed E-state index contributed by atoms with van der Waals surface area (Å²) in [5.41, 5.74) is -0.873. The number of aryl methyl sites for hydroxylation is 1. The summed E-state index contributed by atoms with van der Waals surface area (Å²) in [6.07, 6.45) is -0.591. The number of likely N-dealkylation sites (tertiary alicyclic amines) is 1. The molecule has 1 amide bonds. The zero-order valence-corrected chi connectivity index (χ0v) is 15.2. The number of aliphatic hydroxyl groups excluding tert-OH is 1. The van der Waals surface area contributed by atoms with E-state index in [1.54, 1.807) is 17.9 Å². The molecule has 0 radical (unpaired) electrons. The van der Waals surface area contributed by atoms with Crippen molar-refractivity contribution < 1.29 is 27.8 Å². The first-order chi connectivity index (χ1) is 13.3. The maximum Gasteiger partial charge on any atom is 0.263 e. The predicted octanol–water partition coefficient (Wildman–Crippen LogP) is 2.99. The van der Waals surface area contributed by atoms with E-state index in [9.17, 15) is 23.1 Å². The summed E-state index contributed by atoms with van der Waals surface area (Å²) in [6.45, 7) is 0.555. The first-order valence-corrected chi connectivity index (χ1v) is 9.05. The number of halogens is 3. The van der Waals surface area contributed by atoms with Crippen molar-refractivity contribution in [2.24, 2.45) is 7.05 Å². The van der Waals surface area contributed by atoms with E-state index in [1.807, 2.05) is 0 Å². The van der Waals surface area contributed by atoms with Crippen molar-refractivity contribution in [3.05, 3.63) is 47.0 Å². The maximum atomic E-state index is 14.0. The van der Waals surface area contributed by atoms with Crippen LogP contribution in [0.3, 0.4) is 0 Å². The molecule has 0 aliphatic carbocycles. The van der Waals surface area contributed by atoms with Crippen molar-refractivity contribution in [1.82, 2.24) is 14.7 Å². The fraction of sp³-hybridized carbons (Fsp3) is 0.474. The van der Waals surface area contributed by atoms with Gasteiger partial charge in [0.1, 0.15) is 23.2 Å². The quantitative estimate of drug-likeness (QED) is 0.849. The largest absolute Gasteiger partial charge is 0.483 e. The lowest BCUT2D eigenvalue weighted by molar-refractivity contribution is -0.0504. The van der Waals surface area contributed by atoms with Crippen LogP contribution in [-0.4, -0.2) is 44.4 Å². The van der Waals surface area contributed by atoms with E-state index in [1.165, 1.54) is 4.90 Å². The lowest BCUT2D eigenvalue weighted by atomic mass is 9.83. The summed E-state index contributed by atoms with van der Waals surface area (Å²) >= 11 is 0. The van der Waals surface area contributed by atoms with Gasteiger partial charge in [0, 0.05) is 45.0 Å². The molecular weight excluding hydrogens is 375 g/mol. The van der Waals surface area contributed by atoms with Crippen molar-refractivity contribution in [2.45, 2.75) is 37.4 Å². The molecule has 150 valence electrons. The summed E-state index contributed by atoms with van der Waals surface area (Å²) in [6, 6.07) is 2.78. The van der Waals surface area contributed by atoms with Gasteiger partial charge in [0.05, 0.1) is 11.8 Å². The Balaban J connectivity index is 1.49. The van der Waals surface area contributed by atoms with E-state index in [-0.39, 0.29) is 24.2 Å². The number of fused-ring (bicyclic) bond motifs is 1. The molecule has 2 aliphatic rings. The van der Waals surface area contributed by atoms with Gasteiger partial charge in [-0.2, -0.15) is 5.10 Å². The molecular formula is C19H20F3N3O3. The summed E-state index contributed by atoms with van der Waals surface area (Å²) in [7, 11) is 1.74. The van der Waals surface area contributed by atoms with Crippen molar-refractivity contribution >= 4 is 5.91 Å². The van der Waals surface area contributed by atoms with Gasteiger partial charge in [-0.3, -0.25) is 9.48 Å². The van der Waals surface area contributed by atoms with E-state index >= 15 is 0 Å². The van der Waals surface area contributed by atoms with Gasteiger partial charge >= 0.3 is 0 Å². The molecule has 28 heavy (non-hydrogen) atoms. The molecule has 4 rings (SSSR count). The van der Waals surface area contributed by atoms with Gasteiger partial charge < -0.3 is 14.7 Å². The molecule has 3 heterocycles. The van der Waals surface area contributed by atoms with Gasteiger partial charge in [-0.15, -0.1) is 0 Å². The molecule has 1 N–H and O–H groups in total. The molecule has 0 saturated carbocycles. The molecule has 1 fully saturated rings. The Bertz CT molecular complexity index is 907. The third-order valence-electron chi connectivity index (χ3n) is 5.46. The van der Waals surface area contributed by atoms with Crippen molar-refractivity contribution in [1.29, 1.82) is 0 Å². The van der Waals surface area contributed by atoms with Gasteiger partial charge in [0.2, 0.25) is 0 Å². The van der Waals surface area contributed by atoms with Crippen LogP contribution < -0.4 is 4.74 Å². The highest BCUT2D eigenvalue weighted by Gasteiger charge is 2.45. The van der Waals surface area contributed by atoms with E-state index < -0.39 is 29.9 Å². The molecule has 0 bridgehead atoms.